The van der Waals surface area contributed by atoms with Crippen molar-refractivity contribution >= 4 is 29.1 Å². The van der Waals surface area contributed by atoms with Crippen LogP contribution in [-0.4, -0.2) is 34.2 Å². The van der Waals surface area contributed by atoms with Crippen LogP contribution in [0.15, 0.2) is 36.5 Å². The van der Waals surface area contributed by atoms with Crippen LogP contribution in [0.25, 0.3) is 0 Å². The summed E-state index contributed by atoms with van der Waals surface area (Å²) in [5.74, 6) is -0.0879. The number of nitrogens with one attached hydrogen (secondary N) is 1. The SMILES string of the molecule is Cn1nccc1CCC(=O)NC1CC(=O)N(c2ccccc2Cl)C1. The molecular weight excluding hydrogens is 328 g/mol. The molecule has 0 saturated carbocycles. The fourth-order valence-electron chi connectivity index (χ4n) is 2.90. The van der Waals surface area contributed by atoms with Gasteiger partial charge in [0.15, 0.2) is 0 Å². The molecule has 7 heteroatoms. The first-order valence-corrected chi connectivity index (χ1v) is 8.23. The zero-order valence-corrected chi connectivity index (χ0v) is 14.2. The number of amides is 2. The highest BCUT2D eigenvalue weighted by molar-refractivity contribution is 6.33. The lowest BCUT2D eigenvalue weighted by Crippen LogP contribution is -2.37. The summed E-state index contributed by atoms with van der Waals surface area (Å²) < 4.78 is 1.76. The molecule has 2 amide bonds. The van der Waals surface area contributed by atoms with Crippen LogP contribution in [0.3, 0.4) is 0 Å². The third kappa shape index (κ3) is 3.59. The number of anilines is 1. The van der Waals surface area contributed by atoms with E-state index in [-0.39, 0.29) is 17.9 Å². The van der Waals surface area contributed by atoms with Crippen LogP contribution in [-0.2, 0) is 23.1 Å². The summed E-state index contributed by atoms with van der Waals surface area (Å²) in [7, 11) is 1.85. The molecule has 0 bridgehead atoms. The van der Waals surface area contributed by atoms with Crippen LogP contribution in [0, 0.1) is 0 Å². The van der Waals surface area contributed by atoms with Crippen LogP contribution in [0.2, 0.25) is 5.02 Å². The summed E-state index contributed by atoms with van der Waals surface area (Å²) in [6.07, 6.45) is 3.00. The number of carbonyl (C=O) groups excluding carboxylic acids is 2. The van der Waals surface area contributed by atoms with Crippen molar-refractivity contribution < 1.29 is 9.59 Å². The van der Waals surface area contributed by atoms with Crippen molar-refractivity contribution in [1.29, 1.82) is 0 Å². The maximum Gasteiger partial charge on any atom is 0.229 e. The fraction of sp³-hybridized carbons (Fsp3) is 0.353. The Morgan fingerprint density at radius 2 is 2.17 bits per heavy atom. The average molecular weight is 347 g/mol. The molecule has 1 aromatic heterocycles. The van der Waals surface area contributed by atoms with Gasteiger partial charge in [0.25, 0.3) is 0 Å². The number of rotatable bonds is 5. The lowest BCUT2D eigenvalue weighted by atomic mass is 10.2. The third-order valence-electron chi connectivity index (χ3n) is 4.16. The minimum absolute atomic E-state index is 0.0277. The molecule has 24 heavy (non-hydrogen) atoms. The van der Waals surface area contributed by atoms with Crippen LogP contribution >= 0.6 is 11.6 Å². The Labute approximate surface area is 145 Å². The van der Waals surface area contributed by atoms with Gasteiger partial charge in [0, 0.05) is 38.3 Å². The summed E-state index contributed by atoms with van der Waals surface area (Å²) in [6, 6.07) is 8.94. The van der Waals surface area contributed by atoms with E-state index < -0.39 is 0 Å². The number of para-hydroxylation sites is 1. The van der Waals surface area contributed by atoms with Gasteiger partial charge in [0.05, 0.1) is 16.8 Å². The van der Waals surface area contributed by atoms with Gasteiger partial charge < -0.3 is 10.2 Å². The van der Waals surface area contributed by atoms with Gasteiger partial charge in [-0.1, -0.05) is 23.7 Å². The average Bonchev–Trinajstić information content (AvgIpc) is 3.11. The van der Waals surface area contributed by atoms with Crippen molar-refractivity contribution in [2.75, 3.05) is 11.4 Å². The molecule has 1 saturated heterocycles. The monoisotopic (exact) mass is 346 g/mol. The molecule has 2 heterocycles. The van der Waals surface area contributed by atoms with E-state index in [1.807, 2.05) is 31.3 Å². The number of benzene rings is 1. The van der Waals surface area contributed by atoms with Gasteiger partial charge in [-0.3, -0.25) is 14.3 Å². The molecule has 2 aromatic rings. The Bertz CT molecular complexity index is 759. The van der Waals surface area contributed by atoms with E-state index >= 15 is 0 Å². The molecular formula is C17H19ClN4O2. The smallest absolute Gasteiger partial charge is 0.229 e. The molecule has 1 N–H and O–H groups in total. The topological polar surface area (TPSA) is 67.2 Å². The standard InChI is InChI=1S/C17H19ClN4O2/c1-21-13(8-9-19-21)6-7-16(23)20-12-10-17(24)22(11-12)15-5-3-2-4-14(15)18/h2-5,8-9,12H,6-7,10-11H2,1H3,(H,20,23). The minimum atomic E-state index is -0.187. The predicted octanol–water partition coefficient (Wildman–Crippen LogP) is 1.93. The summed E-state index contributed by atoms with van der Waals surface area (Å²) in [4.78, 5) is 26.0. The quantitative estimate of drug-likeness (QED) is 0.899. The maximum absolute atomic E-state index is 12.2. The third-order valence-corrected chi connectivity index (χ3v) is 4.48. The first-order valence-electron chi connectivity index (χ1n) is 7.85. The number of aromatic nitrogens is 2. The fourth-order valence-corrected chi connectivity index (χ4v) is 3.13. The van der Waals surface area contributed by atoms with E-state index in [4.69, 9.17) is 11.6 Å². The van der Waals surface area contributed by atoms with Gasteiger partial charge in [-0.05, 0) is 24.6 Å². The molecule has 1 unspecified atom stereocenters. The Balaban J connectivity index is 1.55. The second kappa shape index (κ2) is 7.05. The summed E-state index contributed by atoms with van der Waals surface area (Å²) in [5.41, 5.74) is 1.70. The van der Waals surface area contributed by atoms with E-state index in [1.165, 1.54) is 0 Å². The Kier molecular flexibility index (Phi) is 4.85. The highest BCUT2D eigenvalue weighted by Crippen LogP contribution is 2.28. The normalized spacial score (nSPS) is 17.3. The van der Waals surface area contributed by atoms with Gasteiger partial charge in [0.2, 0.25) is 11.8 Å². The molecule has 0 radical (unpaired) electrons. The first kappa shape index (κ1) is 16.5. The highest BCUT2D eigenvalue weighted by atomic mass is 35.5. The van der Waals surface area contributed by atoms with Gasteiger partial charge in [-0.2, -0.15) is 5.10 Å². The minimum Gasteiger partial charge on any atom is -0.351 e. The number of hydrogen-bond acceptors (Lipinski definition) is 3. The van der Waals surface area contributed by atoms with Crippen molar-refractivity contribution in [2.24, 2.45) is 7.05 Å². The van der Waals surface area contributed by atoms with E-state index in [1.54, 1.807) is 21.8 Å². The van der Waals surface area contributed by atoms with Crippen LogP contribution < -0.4 is 10.2 Å². The molecule has 1 aliphatic rings. The van der Waals surface area contributed by atoms with Crippen molar-refractivity contribution in [3.8, 4) is 0 Å². The Morgan fingerprint density at radius 1 is 1.38 bits per heavy atom. The largest absolute Gasteiger partial charge is 0.351 e. The molecule has 3 rings (SSSR count). The second-order valence-corrected chi connectivity index (χ2v) is 6.28. The van der Waals surface area contributed by atoms with Gasteiger partial charge in [0.1, 0.15) is 0 Å². The number of carbonyl (C=O) groups is 2. The lowest BCUT2D eigenvalue weighted by molar-refractivity contribution is -0.121. The van der Waals surface area contributed by atoms with Crippen molar-refractivity contribution in [1.82, 2.24) is 15.1 Å². The van der Waals surface area contributed by atoms with Gasteiger partial charge >= 0.3 is 0 Å². The summed E-state index contributed by atoms with van der Waals surface area (Å²) >= 11 is 6.16. The molecule has 1 aromatic carbocycles. The van der Waals surface area contributed by atoms with Crippen molar-refractivity contribution in [3.63, 3.8) is 0 Å². The van der Waals surface area contributed by atoms with Crippen LogP contribution in [0.4, 0.5) is 5.69 Å². The Morgan fingerprint density at radius 3 is 2.88 bits per heavy atom. The molecule has 1 fully saturated rings. The molecule has 1 aliphatic heterocycles. The summed E-state index contributed by atoms with van der Waals surface area (Å²) in [6.45, 7) is 0.444. The second-order valence-electron chi connectivity index (χ2n) is 5.87. The molecule has 1 atom stereocenters. The molecule has 0 aliphatic carbocycles. The number of nitrogens with zero attached hydrogens (tertiary/aromatic N) is 3. The Hall–Kier alpha value is -2.34. The molecule has 0 spiro atoms. The van der Waals surface area contributed by atoms with E-state index in [9.17, 15) is 9.59 Å². The van der Waals surface area contributed by atoms with Crippen molar-refractivity contribution in [2.45, 2.75) is 25.3 Å². The van der Waals surface area contributed by atoms with E-state index in [0.717, 1.165) is 5.69 Å². The number of halogens is 1. The van der Waals surface area contributed by atoms with Crippen molar-refractivity contribution in [3.05, 3.63) is 47.2 Å². The van der Waals surface area contributed by atoms with Gasteiger partial charge in [-0.25, -0.2) is 0 Å². The van der Waals surface area contributed by atoms with Gasteiger partial charge in [-0.15, -0.1) is 0 Å². The predicted molar refractivity (Wildman–Crippen MR) is 91.9 cm³/mol. The zero-order chi connectivity index (χ0) is 17.1. The number of aryl methyl sites for hydroxylation is 2. The summed E-state index contributed by atoms with van der Waals surface area (Å²) in [5, 5.41) is 7.55. The first-order chi connectivity index (χ1) is 11.5. The lowest BCUT2D eigenvalue weighted by Gasteiger charge is -2.18. The van der Waals surface area contributed by atoms with E-state index in [0.29, 0.717) is 36.5 Å². The van der Waals surface area contributed by atoms with Crippen LogP contribution in [0.1, 0.15) is 18.5 Å². The molecule has 6 nitrogen and oxygen atoms in total. The van der Waals surface area contributed by atoms with Crippen LogP contribution in [0.5, 0.6) is 0 Å². The van der Waals surface area contributed by atoms with E-state index in [2.05, 4.69) is 10.4 Å². The highest BCUT2D eigenvalue weighted by Gasteiger charge is 2.32. The maximum atomic E-state index is 12.2. The molecule has 126 valence electrons. The zero-order valence-electron chi connectivity index (χ0n) is 13.4. The number of hydrogen-bond donors (Lipinski definition) is 1.